The Morgan fingerprint density at radius 2 is 1.82 bits per heavy atom. The Hall–Kier alpha value is -2.10. The van der Waals surface area contributed by atoms with Crippen LogP contribution in [0.25, 0.3) is 11.6 Å². The number of methoxy groups -OCH3 is 1. The van der Waals surface area contributed by atoms with Gasteiger partial charge in [0.2, 0.25) is 0 Å². The first-order valence-electron chi connectivity index (χ1n) is 7.01. The number of carbonyl (C=O) groups is 1. The lowest BCUT2D eigenvalue weighted by Crippen LogP contribution is -2.27. The minimum absolute atomic E-state index is 0.150. The lowest BCUT2D eigenvalue weighted by Gasteiger charge is -2.10. The van der Waals surface area contributed by atoms with E-state index in [1.807, 2.05) is 48.5 Å². The van der Waals surface area contributed by atoms with Gasteiger partial charge < -0.3 is 10.1 Å². The van der Waals surface area contributed by atoms with Gasteiger partial charge in [-0.05, 0) is 23.3 Å². The van der Waals surface area contributed by atoms with E-state index in [9.17, 15) is 4.79 Å². The summed E-state index contributed by atoms with van der Waals surface area (Å²) in [4.78, 5) is 12.5. The zero-order valence-electron chi connectivity index (χ0n) is 12.4. The number of rotatable bonds is 6. The van der Waals surface area contributed by atoms with Crippen molar-refractivity contribution in [2.45, 2.75) is 0 Å². The first-order valence-corrected chi connectivity index (χ1v) is 7.39. The summed E-state index contributed by atoms with van der Waals surface area (Å²) >= 11 is 6.19. The van der Waals surface area contributed by atoms with Gasteiger partial charge in [0.05, 0.1) is 6.61 Å². The Balaban J connectivity index is 2.34. The molecule has 0 radical (unpaired) electrons. The molecule has 1 amide bonds. The van der Waals surface area contributed by atoms with Crippen molar-refractivity contribution in [3.8, 4) is 0 Å². The number of benzene rings is 2. The van der Waals surface area contributed by atoms with Crippen LogP contribution in [-0.4, -0.2) is 26.2 Å². The van der Waals surface area contributed by atoms with Crippen molar-refractivity contribution >= 4 is 29.2 Å². The molecule has 0 bridgehead atoms. The minimum Gasteiger partial charge on any atom is -0.383 e. The van der Waals surface area contributed by atoms with E-state index in [2.05, 4.69) is 5.32 Å². The molecular weight excluding hydrogens is 298 g/mol. The molecule has 2 rings (SSSR count). The number of ether oxygens (including phenoxy) is 1. The Bertz CT molecular complexity index is 653. The minimum atomic E-state index is -0.150. The van der Waals surface area contributed by atoms with Crippen molar-refractivity contribution in [1.29, 1.82) is 0 Å². The lowest BCUT2D eigenvalue weighted by atomic mass is 10.0. The number of carbonyl (C=O) groups excluding carboxylic acids is 1. The molecule has 0 spiro atoms. The lowest BCUT2D eigenvalue weighted by molar-refractivity contribution is -0.115. The van der Waals surface area contributed by atoms with Gasteiger partial charge in [0, 0.05) is 24.3 Å². The predicted octanol–water partition coefficient (Wildman–Crippen LogP) is 3.64. The average molecular weight is 316 g/mol. The van der Waals surface area contributed by atoms with Crippen LogP contribution in [0.4, 0.5) is 0 Å². The highest BCUT2D eigenvalue weighted by Crippen LogP contribution is 2.23. The molecule has 2 aromatic rings. The van der Waals surface area contributed by atoms with E-state index >= 15 is 0 Å². The molecule has 4 heteroatoms. The molecule has 0 aliphatic heterocycles. The summed E-state index contributed by atoms with van der Waals surface area (Å²) in [6.07, 6.45) is 1.81. The fraction of sp³-hybridized carbons (Fsp3) is 0.167. The number of nitrogens with one attached hydrogen (secondary N) is 1. The summed E-state index contributed by atoms with van der Waals surface area (Å²) < 4.78 is 4.96. The van der Waals surface area contributed by atoms with E-state index in [-0.39, 0.29) is 5.91 Å². The van der Waals surface area contributed by atoms with Gasteiger partial charge in [-0.15, -0.1) is 0 Å². The standard InChI is InChI=1S/C18H18ClNO2/c1-22-12-11-20-18(21)16(14-7-3-2-4-8-14)13-15-9-5-6-10-17(15)19/h2-10,13H,11-12H2,1H3,(H,20,21). The van der Waals surface area contributed by atoms with E-state index in [1.54, 1.807) is 19.3 Å². The van der Waals surface area contributed by atoms with Crippen molar-refractivity contribution in [1.82, 2.24) is 5.32 Å². The zero-order valence-corrected chi connectivity index (χ0v) is 13.1. The molecule has 0 aromatic heterocycles. The second-order valence-corrected chi connectivity index (χ2v) is 5.10. The fourth-order valence-corrected chi connectivity index (χ4v) is 2.20. The maximum atomic E-state index is 12.5. The molecule has 0 unspecified atom stereocenters. The van der Waals surface area contributed by atoms with Gasteiger partial charge >= 0.3 is 0 Å². The molecule has 0 atom stereocenters. The number of hydrogen-bond acceptors (Lipinski definition) is 2. The molecule has 0 saturated carbocycles. The van der Waals surface area contributed by atoms with Crippen LogP contribution in [0.1, 0.15) is 11.1 Å². The number of amides is 1. The molecule has 0 saturated heterocycles. The fourth-order valence-electron chi connectivity index (χ4n) is 2.01. The maximum Gasteiger partial charge on any atom is 0.251 e. The molecule has 114 valence electrons. The van der Waals surface area contributed by atoms with Crippen molar-refractivity contribution in [3.05, 3.63) is 70.7 Å². The number of halogens is 1. The van der Waals surface area contributed by atoms with E-state index in [0.717, 1.165) is 11.1 Å². The van der Waals surface area contributed by atoms with Crippen molar-refractivity contribution in [2.24, 2.45) is 0 Å². The van der Waals surface area contributed by atoms with Crippen LogP contribution in [-0.2, 0) is 9.53 Å². The van der Waals surface area contributed by atoms with Gasteiger partial charge in [-0.3, -0.25) is 4.79 Å². The van der Waals surface area contributed by atoms with Crippen molar-refractivity contribution in [3.63, 3.8) is 0 Å². The molecule has 0 heterocycles. The largest absolute Gasteiger partial charge is 0.383 e. The predicted molar refractivity (Wildman–Crippen MR) is 90.7 cm³/mol. The summed E-state index contributed by atoms with van der Waals surface area (Å²) in [5.41, 5.74) is 2.23. The molecule has 3 nitrogen and oxygen atoms in total. The van der Waals surface area contributed by atoms with Crippen LogP contribution in [0, 0.1) is 0 Å². The van der Waals surface area contributed by atoms with Gasteiger partial charge in [-0.25, -0.2) is 0 Å². The molecule has 22 heavy (non-hydrogen) atoms. The first kappa shape index (κ1) is 16.3. The number of hydrogen-bond donors (Lipinski definition) is 1. The van der Waals surface area contributed by atoms with Crippen molar-refractivity contribution < 1.29 is 9.53 Å². The average Bonchev–Trinajstić information content (AvgIpc) is 2.55. The highest BCUT2D eigenvalue weighted by Gasteiger charge is 2.12. The summed E-state index contributed by atoms with van der Waals surface area (Å²) in [6, 6.07) is 17.0. The third-order valence-electron chi connectivity index (χ3n) is 3.13. The third kappa shape index (κ3) is 4.45. The van der Waals surface area contributed by atoms with E-state index in [4.69, 9.17) is 16.3 Å². The Kier molecular flexibility index (Phi) is 6.19. The van der Waals surface area contributed by atoms with Crippen LogP contribution in [0.2, 0.25) is 5.02 Å². The Labute approximate surface area is 135 Å². The van der Waals surface area contributed by atoms with Gasteiger partial charge in [-0.1, -0.05) is 60.1 Å². The topological polar surface area (TPSA) is 38.3 Å². The zero-order chi connectivity index (χ0) is 15.8. The molecule has 0 aliphatic rings. The monoisotopic (exact) mass is 315 g/mol. The second-order valence-electron chi connectivity index (χ2n) is 4.69. The molecule has 2 aromatic carbocycles. The molecular formula is C18H18ClNO2. The summed E-state index contributed by atoms with van der Waals surface area (Å²) in [5.74, 6) is -0.150. The van der Waals surface area contributed by atoms with Crippen LogP contribution >= 0.6 is 11.6 Å². The van der Waals surface area contributed by atoms with Crippen molar-refractivity contribution in [2.75, 3.05) is 20.3 Å². The normalized spacial score (nSPS) is 11.3. The van der Waals surface area contributed by atoms with Gasteiger partial charge in [0.15, 0.2) is 0 Å². The summed E-state index contributed by atoms with van der Waals surface area (Å²) in [7, 11) is 1.60. The molecule has 0 fully saturated rings. The quantitative estimate of drug-likeness (QED) is 0.502. The van der Waals surface area contributed by atoms with Crippen LogP contribution < -0.4 is 5.32 Å². The first-order chi connectivity index (χ1) is 10.7. The van der Waals surface area contributed by atoms with Gasteiger partial charge in [0.25, 0.3) is 5.91 Å². The molecule has 0 aliphatic carbocycles. The third-order valence-corrected chi connectivity index (χ3v) is 3.47. The summed E-state index contributed by atoms with van der Waals surface area (Å²) in [6.45, 7) is 0.932. The highest BCUT2D eigenvalue weighted by molar-refractivity contribution is 6.33. The highest BCUT2D eigenvalue weighted by atomic mass is 35.5. The Morgan fingerprint density at radius 3 is 2.50 bits per heavy atom. The second kappa shape index (κ2) is 8.37. The SMILES string of the molecule is COCCNC(=O)C(=Cc1ccccc1Cl)c1ccccc1. The molecule has 1 N–H and O–H groups in total. The van der Waals surface area contributed by atoms with E-state index in [0.29, 0.717) is 23.7 Å². The Morgan fingerprint density at radius 1 is 1.14 bits per heavy atom. The van der Waals surface area contributed by atoms with Gasteiger partial charge in [-0.2, -0.15) is 0 Å². The smallest absolute Gasteiger partial charge is 0.251 e. The van der Waals surface area contributed by atoms with E-state index < -0.39 is 0 Å². The van der Waals surface area contributed by atoms with Gasteiger partial charge in [0.1, 0.15) is 0 Å². The van der Waals surface area contributed by atoms with Crippen LogP contribution in [0.3, 0.4) is 0 Å². The van der Waals surface area contributed by atoms with Crippen LogP contribution in [0.15, 0.2) is 54.6 Å². The summed E-state index contributed by atoms with van der Waals surface area (Å²) in [5, 5.41) is 3.46. The van der Waals surface area contributed by atoms with E-state index in [1.165, 1.54) is 0 Å². The van der Waals surface area contributed by atoms with Crippen LogP contribution in [0.5, 0.6) is 0 Å². The maximum absolute atomic E-state index is 12.5.